The zero-order chi connectivity index (χ0) is 25.1. The number of rotatable bonds is 1. The lowest BCUT2D eigenvalue weighted by Gasteiger charge is -2.68. The first-order valence-corrected chi connectivity index (χ1v) is 13.6. The van der Waals surface area contributed by atoms with E-state index in [0.29, 0.717) is 18.8 Å². The standard InChI is InChI=1S/C30H46O4/c1-25(2)20-10-13-30(7)21(27(20,4)12-11-22(25)31)9-8-18-19-16-28(5,24(33)34)23(32)17-26(19,3)14-15-29(18,30)6/h8-9,19-20,22-23,31-32H,10-17H2,1-7H3,(H,33,34)/t19-,20+,22-,23+,26-,27-,28-,29+,30+/m0/s1. The molecule has 0 unspecified atom stereocenters. The number of fused-ring (bicyclic) bond motifs is 7. The van der Waals surface area contributed by atoms with Gasteiger partial charge in [-0.2, -0.15) is 0 Å². The molecule has 4 fully saturated rings. The van der Waals surface area contributed by atoms with E-state index in [4.69, 9.17) is 0 Å². The van der Waals surface area contributed by atoms with Crippen LogP contribution in [0.25, 0.3) is 0 Å². The van der Waals surface area contributed by atoms with Crippen molar-refractivity contribution in [1.82, 2.24) is 0 Å². The molecule has 0 amide bonds. The fourth-order valence-corrected chi connectivity index (χ4v) is 9.93. The van der Waals surface area contributed by atoms with Gasteiger partial charge in [0, 0.05) is 0 Å². The molecule has 0 aromatic rings. The summed E-state index contributed by atoms with van der Waals surface area (Å²) in [6.45, 7) is 16.0. The first kappa shape index (κ1) is 24.6. The highest BCUT2D eigenvalue weighted by Crippen LogP contribution is 2.74. The van der Waals surface area contributed by atoms with Crippen LogP contribution in [-0.2, 0) is 4.79 Å². The normalized spacial score (nSPS) is 53.9. The predicted molar refractivity (Wildman–Crippen MR) is 134 cm³/mol. The van der Waals surface area contributed by atoms with Crippen molar-refractivity contribution in [1.29, 1.82) is 0 Å². The summed E-state index contributed by atoms with van der Waals surface area (Å²) in [6, 6.07) is 0. The molecule has 5 aliphatic rings. The maximum Gasteiger partial charge on any atom is 0.312 e. The SMILES string of the molecule is CC1(C)[C@H]2CC[C@]3(C)C(=CC=C4[C@@H]5C[C@](C)(C(=O)O)[C@H](O)C[C@]5(C)CC[C@]43C)[C@@]2(C)CC[C@@H]1O. The molecule has 0 aromatic carbocycles. The third kappa shape index (κ3) is 2.76. The van der Waals surface area contributed by atoms with Crippen LogP contribution in [0.15, 0.2) is 23.3 Å². The van der Waals surface area contributed by atoms with Crippen LogP contribution in [0.1, 0.15) is 99.8 Å². The number of carboxylic acid groups (broad SMARTS) is 1. The molecule has 34 heavy (non-hydrogen) atoms. The molecule has 9 atom stereocenters. The molecule has 0 radical (unpaired) electrons. The largest absolute Gasteiger partial charge is 0.481 e. The topological polar surface area (TPSA) is 77.8 Å². The first-order chi connectivity index (χ1) is 15.6. The third-order valence-electron chi connectivity index (χ3n) is 12.8. The van der Waals surface area contributed by atoms with E-state index < -0.39 is 17.5 Å². The Bertz CT molecular complexity index is 978. The summed E-state index contributed by atoms with van der Waals surface area (Å²) < 4.78 is 0. The number of carbonyl (C=O) groups is 1. The summed E-state index contributed by atoms with van der Waals surface area (Å²) in [4.78, 5) is 12.3. The lowest BCUT2D eigenvalue weighted by atomic mass is 9.36. The lowest BCUT2D eigenvalue weighted by molar-refractivity contribution is -0.170. The summed E-state index contributed by atoms with van der Waals surface area (Å²) >= 11 is 0. The molecule has 4 nitrogen and oxygen atoms in total. The Balaban J connectivity index is 1.63. The summed E-state index contributed by atoms with van der Waals surface area (Å²) in [5, 5.41) is 31.8. The smallest absolute Gasteiger partial charge is 0.312 e. The number of allylic oxidation sites excluding steroid dienone is 4. The highest BCUT2D eigenvalue weighted by molar-refractivity contribution is 5.75. The molecule has 0 aliphatic heterocycles. The van der Waals surface area contributed by atoms with E-state index in [0.717, 1.165) is 38.5 Å². The summed E-state index contributed by atoms with van der Waals surface area (Å²) in [5.41, 5.74) is 1.88. The van der Waals surface area contributed by atoms with Crippen molar-refractivity contribution in [2.75, 3.05) is 0 Å². The van der Waals surface area contributed by atoms with Gasteiger partial charge in [0.05, 0.1) is 17.6 Å². The van der Waals surface area contributed by atoms with Crippen LogP contribution in [0.5, 0.6) is 0 Å². The Morgan fingerprint density at radius 2 is 1.50 bits per heavy atom. The van der Waals surface area contributed by atoms with Gasteiger partial charge >= 0.3 is 5.97 Å². The Hall–Kier alpha value is -1.13. The van der Waals surface area contributed by atoms with E-state index >= 15 is 0 Å². The first-order valence-electron chi connectivity index (χ1n) is 13.6. The number of aliphatic hydroxyl groups is 2. The third-order valence-corrected chi connectivity index (χ3v) is 12.8. The Kier molecular flexibility index (Phi) is 5.06. The van der Waals surface area contributed by atoms with E-state index in [-0.39, 0.29) is 39.1 Å². The van der Waals surface area contributed by atoms with Crippen molar-refractivity contribution >= 4 is 5.97 Å². The molecule has 5 aliphatic carbocycles. The van der Waals surface area contributed by atoms with Crippen molar-refractivity contribution in [3.63, 3.8) is 0 Å². The molecule has 5 rings (SSSR count). The minimum absolute atomic E-state index is 0.00283. The van der Waals surface area contributed by atoms with E-state index in [1.165, 1.54) is 5.57 Å². The highest BCUT2D eigenvalue weighted by atomic mass is 16.4. The number of aliphatic carboxylic acids is 1. The molecular formula is C30H46O4. The summed E-state index contributed by atoms with van der Waals surface area (Å²) in [6.07, 6.45) is 11.1. The fourth-order valence-electron chi connectivity index (χ4n) is 9.93. The van der Waals surface area contributed by atoms with E-state index in [1.807, 2.05) is 0 Å². The van der Waals surface area contributed by atoms with E-state index in [2.05, 4.69) is 53.7 Å². The Morgan fingerprint density at radius 1 is 0.824 bits per heavy atom. The average molecular weight is 471 g/mol. The number of aliphatic hydroxyl groups excluding tert-OH is 2. The van der Waals surface area contributed by atoms with Crippen molar-refractivity contribution < 1.29 is 20.1 Å². The van der Waals surface area contributed by atoms with Gasteiger partial charge in [0.15, 0.2) is 0 Å². The summed E-state index contributed by atoms with van der Waals surface area (Å²) in [5.74, 6) is -0.222. The van der Waals surface area contributed by atoms with Gasteiger partial charge in [0.1, 0.15) is 0 Å². The van der Waals surface area contributed by atoms with Gasteiger partial charge in [0.2, 0.25) is 0 Å². The van der Waals surface area contributed by atoms with Gasteiger partial charge in [-0.3, -0.25) is 4.79 Å². The number of carboxylic acids is 1. The maximum atomic E-state index is 12.3. The summed E-state index contributed by atoms with van der Waals surface area (Å²) in [7, 11) is 0. The van der Waals surface area contributed by atoms with E-state index in [9.17, 15) is 20.1 Å². The Labute approximate surface area is 205 Å². The van der Waals surface area contributed by atoms with Gasteiger partial charge < -0.3 is 15.3 Å². The van der Waals surface area contributed by atoms with Crippen molar-refractivity contribution in [3.8, 4) is 0 Å². The molecule has 0 bridgehead atoms. The average Bonchev–Trinajstić information content (AvgIpc) is 2.73. The molecule has 4 heteroatoms. The Morgan fingerprint density at radius 3 is 2.15 bits per heavy atom. The second-order valence-electron chi connectivity index (χ2n) is 14.6. The quantitative estimate of drug-likeness (QED) is 0.431. The van der Waals surface area contributed by atoms with Gasteiger partial charge in [0.25, 0.3) is 0 Å². The predicted octanol–water partition coefficient (Wildman–Crippen LogP) is 6.12. The molecular weight excluding hydrogens is 424 g/mol. The van der Waals surface area contributed by atoms with Crippen molar-refractivity contribution in [3.05, 3.63) is 23.3 Å². The molecule has 4 saturated carbocycles. The van der Waals surface area contributed by atoms with Crippen LogP contribution in [0.2, 0.25) is 0 Å². The highest BCUT2D eigenvalue weighted by Gasteiger charge is 2.67. The number of hydrogen-bond donors (Lipinski definition) is 3. The van der Waals surface area contributed by atoms with Crippen LogP contribution in [0, 0.1) is 44.3 Å². The van der Waals surface area contributed by atoms with Crippen molar-refractivity contribution in [2.24, 2.45) is 44.3 Å². The fraction of sp³-hybridized carbons (Fsp3) is 0.833. The van der Waals surface area contributed by atoms with Crippen LogP contribution in [0.4, 0.5) is 0 Å². The minimum Gasteiger partial charge on any atom is -0.481 e. The van der Waals surface area contributed by atoms with Gasteiger partial charge in [-0.1, -0.05) is 64.8 Å². The van der Waals surface area contributed by atoms with Crippen LogP contribution in [0.3, 0.4) is 0 Å². The van der Waals surface area contributed by atoms with Crippen LogP contribution >= 0.6 is 0 Å². The lowest BCUT2D eigenvalue weighted by Crippen LogP contribution is -2.62. The molecule has 0 spiro atoms. The molecule has 0 heterocycles. The van der Waals surface area contributed by atoms with Gasteiger partial charge in [-0.15, -0.1) is 0 Å². The van der Waals surface area contributed by atoms with Crippen LogP contribution < -0.4 is 0 Å². The number of hydrogen-bond acceptors (Lipinski definition) is 3. The minimum atomic E-state index is -1.10. The second-order valence-corrected chi connectivity index (χ2v) is 14.6. The zero-order valence-electron chi connectivity index (χ0n) is 22.4. The second kappa shape index (κ2) is 7.00. The van der Waals surface area contributed by atoms with Crippen LogP contribution in [-0.4, -0.2) is 33.5 Å². The van der Waals surface area contributed by atoms with Gasteiger partial charge in [-0.05, 0) is 97.2 Å². The molecule has 190 valence electrons. The van der Waals surface area contributed by atoms with E-state index in [1.54, 1.807) is 12.5 Å². The molecule has 0 saturated heterocycles. The zero-order valence-corrected chi connectivity index (χ0v) is 22.4. The van der Waals surface area contributed by atoms with Gasteiger partial charge in [-0.25, -0.2) is 0 Å². The monoisotopic (exact) mass is 470 g/mol. The van der Waals surface area contributed by atoms with Crippen molar-refractivity contribution in [2.45, 2.75) is 112 Å². The molecule has 0 aromatic heterocycles. The maximum absolute atomic E-state index is 12.3. The molecule has 3 N–H and O–H groups in total.